The van der Waals surface area contributed by atoms with Gasteiger partial charge >= 0.3 is 12.3 Å². The van der Waals surface area contributed by atoms with E-state index < -0.39 is 23.9 Å². The highest BCUT2D eigenvalue weighted by Crippen LogP contribution is 2.40. The van der Waals surface area contributed by atoms with E-state index in [1.54, 1.807) is 12.1 Å². The van der Waals surface area contributed by atoms with Crippen molar-refractivity contribution in [2.24, 2.45) is 0 Å². The zero-order valence-corrected chi connectivity index (χ0v) is 18.8. The molecule has 7 nitrogen and oxygen atoms in total. The Kier molecular flexibility index (Phi) is 5.74. The largest absolute Gasteiger partial charge is 0.442 e. The SMILES string of the molecule is CC(=O)NC[C@H]1CN(c2ccc3c(c2)CCCc2c(-c4cccc(C(F)(F)F)c4)noc2-3)C(=O)O1. The van der Waals surface area contributed by atoms with Gasteiger partial charge in [-0.15, -0.1) is 0 Å². The summed E-state index contributed by atoms with van der Waals surface area (Å²) in [7, 11) is 0. The molecule has 0 radical (unpaired) electrons. The Morgan fingerprint density at radius 2 is 2.03 bits per heavy atom. The van der Waals surface area contributed by atoms with Crippen LogP contribution in [0.2, 0.25) is 0 Å². The van der Waals surface area contributed by atoms with Gasteiger partial charge in [-0.25, -0.2) is 4.79 Å². The van der Waals surface area contributed by atoms with Gasteiger partial charge in [-0.1, -0.05) is 17.3 Å². The highest BCUT2D eigenvalue weighted by molar-refractivity contribution is 5.90. The number of halogens is 3. The molecule has 2 heterocycles. The van der Waals surface area contributed by atoms with Gasteiger partial charge in [-0.3, -0.25) is 9.69 Å². The number of hydrogen-bond donors (Lipinski definition) is 1. The van der Waals surface area contributed by atoms with Crippen molar-refractivity contribution in [3.05, 3.63) is 59.2 Å². The van der Waals surface area contributed by atoms with Gasteiger partial charge in [-0.05, 0) is 55.2 Å². The number of aromatic nitrogens is 1. The standard InChI is InChI=1S/C25H22F3N3O4/c1-14(32)29-12-19-13-31(24(33)34-19)18-8-9-20-15(11-18)4-3-7-21-22(30-35-23(20)21)16-5-2-6-17(10-16)25(26,27)28/h2,5-6,8-11,19H,3-4,7,12-13H2,1H3,(H,29,32)/t19-/m0/s1. The summed E-state index contributed by atoms with van der Waals surface area (Å²) in [6.45, 7) is 1.95. The summed E-state index contributed by atoms with van der Waals surface area (Å²) in [5, 5.41) is 6.78. The van der Waals surface area contributed by atoms with Crippen LogP contribution >= 0.6 is 0 Å². The summed E-state index contributed by atoms with van der Waals surface area (Å²) in [6.07, 6.45) is -3.33. The number of aryl methyl sites for hydroxylation is 1. The molecule has 0 unspecified atom stereocenters. The molecule has 1 aliphatic heterocycles. The van der Waals surface area contributed by atoms with Gasteiger partial charge in [0, 0.05) is 29.3 Å². The highest BCUT2D eigenvalue weighted by Gasteiger charge is 2.34. The van der Waals surface area contributed by atoms with Gasteiger partial charge in [0.1, 0.15) is 11.8 Å². The van der Waals surface area contributed by atoms with Gasteiger partial charge in [0.2, 0.25) is 5.91 Å². The molecule has 182 valence electrons. The summed E-state index contributed by atoms with van der Waals surface area (Å²) in [6, 6.07) is 10.6. The third-order valence-electron chi connectivity index (χ3n) is 6.22. The quantitative estimate of drug-likeness (QED) is 0.564. The minimum absolute atomic E-state index is 0.197. The maximum absolute atomic E-state index is 13.2. The molecule has 2 amide bonds. The van der Waals surface area contributed by atoms with E-state index in [2.05, 4.69) is 10.5 Å². The molecule has 1 fully saturated rings. The van der Waals surface area contributed by atoms with E-state index in [0.29, 0.717) is 42.1 Å². The lowest BCUT2D eigenvalue weighted by atomic mass is 9.99. The number of hydrogen-bond acceptors (Lipinski definition) is 5. The van der Waals surface area contributed by atoms with Crippen LogP contribution in [0.25, 0.3) is 22.6 Å². The number of cyclic esters (lactones) is 1. The molecule has 0 spiro atoms. The summed E-state index contributed by atoms with van der Waals surface area (Å²) >= 11 is 0. The number of nitrogens with zero attached hydrogens (tertiary/aromatic N) is 2. The number of rotatable bonds is 4. The Morgan fingerprint density at radius 1 is 1.20 bits per heavy atom. The van der Waals surface area contributed by atoms with Crippen molar-refractivity contribution in [1.29, 1.82) is 0 Å². The summed E-state index contributed by atoms with van der Waals surface area (Å²) in [4.78, 5) is 25.1. The Balaban J connectivity index is 1.44. The predicted molar refractivity (Wildman–Crippen MR) is 121 cm³/mol. The van der Waals surface area contributed by atoms with E-state index in [1.807, 2.05) is 12.1 Å². The van der Waals surface area contributed by atoms with Crippen LogP contribution in [0.3, 0.4) is 0 Å². The van der Waals surface area contributed by atoms with Crippen molar-refractivity contribution in [3.8, 4) is 22.6 Å². The van der Waals surface area contributed by atoms with Crippen LogP contribution in [-0.2, 0) is 28.5 Å². The second-order valence-electron chi connectivity index (χ2n) is 8.67. The fraction of sp³-hybridized carbons (Fsp3) is 0.320. The molecule has 5 rings (SSSR count). The van der Waals surface area contributed by atoms with Crippen LogP contribution in [0.1, 0.15) is 30.0 Å². The lowest BCUT2D eigenvalue weighted by Crippen LogP contribution is -2.33. The number of ether oxygens (including phenoxy) is 1. The maximum atomic E-state index is 13.2. The Labute approximate surface area is 198 Å². The van der Waals surface area contributed by atoms with Crippen molar-refractivity contribution in [2.45, 2.75) is 38.5 Å². The molecule has 1 saturated heterocycles. The Bertz CT molecular complexity index is 1300. The smallest absolute Gasteiger partial charge is 0.416 e. The molecule has 2 aliphatic rings. The van der Waals surface area contributed by atoms with Crippen LogP contribution in [0.15, 0.2) is 47.0 Å². The van der Waals surface area contributed by atoms with Crippen molar-refractivity contribution in [2.75, 3.05) is 18.0 Å². The highest BCUT2D eigenvalue weighted by atomic mass is 19.4. The zero-order valence-electron chi connectivity index (χ0n) is 18.8. The first-order valence-electron chi connectivity index (χ1n) is 11.2. The molecular formula is C25H22F3N3O4. The minimum Gasteiger partial charge on any atom is -0.442 e. The number of benzene rings is 2. The van der Waals surface area contributed by atoms with Gasteiger partial charge in [0.15, 0.2) is 5.76 Å². The molecule has 3 aromatic rings. The van der Waals surface area contributed by atoms with Crippen LogP contribution in [-0.4, -0.2) is 36.4 Å². The molecule has 0 saturated carbocycles. The van der Waals surface area contributed by atoms with Gasteiger partial charge in [0.25, 0.3) is 0 Å². The van der Waals surface area contributed by atoms with E-state index in [9.17, 15) is 22.8 Å². The number of anilines is 1. The minimum atomic E-state index is -4.45. The molecule has 2 aromatic carbocycles. The average Bonchev–Trinajstić information content (AvgIpc) is 3.35. The number of alkyl halides is 3. The maximum Gasteiger partial charge on any atom is 0.416 e. The van der Waals surface area contributed by atoms with Crippen molar-refractivity contribution < 1.29 is 32.0 Å². The number of carbonyl (C=O) groups is 2. The molecule has 35 heavy (non-hydrogen) atoms. The van der Waals surface area contributed by atoms with E-state index in [0.717, 1.165) is 35.2 Å². The van der Waals surface area contributed by atoms with Crippen LogP contribution in [0, 0.1) is 0 Å². The van der Waals surface area contributed by atoms with Gasteiger partial charge < -0.3 is 14.6 Å². The number of nitrogens with one attached hydrogen (secondary N) is 1. The van der Waals surface area contributed by atoms with E-state index in [1.165, 1.54) is 17.9 Å². The first kappa shape index (κ1) is 22.9. The van der Waals surface area contributed by atoms with Crippen LogP contribution in [0.5, 0.6) is 0 Å². The van der Waals surface area contributed by atoms with Crippen LogP contribution < -0.4 is 10.2 Å². The summed E-state index contributed by atoms with van der Waals surface area (Å²) in [5.41, 5.74) is 3.22. The van der Waals surface area contributed by atoms with E-state index >= 15 is 0 Å². The third-order valence-corrected chi connectivity index (χ3v) is 6.22. The molecule has 10 heteroatoms. The lowest BCUT2D eigenvalue weighted by molar-refractivity contribution is -0.137. The van der Waals surface area contributed by atoms with Crippen molar-refractivity contribution in [3.63, 3.8) is 0 Å². The molecule has 0 bridgehead atoms. The molecule has 1 aromatic heterocycles. The van der Waals surface area contributed by atoms with E-state index in [-0.39, 0.29) is 12.5 Å². The number of fused-ring (bicyclic) bond motifs is 3. The fourth-order valence-electron chi connectivity index (χ4n) is 4.55. The molecule has 1 aliphatic carbocycles. The molecule has 1 N–H and O–H groups in total. The normalized spacial score (nSPS) is 17.4. The summed E-state index contributed by atoms with van der Waals surface area (Å²) in [5.74, 6) is 0.334. The lowest BCUT2D eigenvalue weighted by Gasteiger charge is -2.15. The second-order valence-corrected chi connectivity index (χ2v) is 8.67. The van der Waals surface area contributed by atoms with E-state index in [4.69, 9.17) is 9.26 Å². The first-order valence-corrected chi connectivity index (χ1v) is 11.2. The zero-order chi connectivity index (χ0) is 24.7. The fourth-order valence-corrected chi connectivity index (χ4v) is 4.55. The topological polar surface area (TPSA) is 84.7 Å². The van der Waals surface area contributed by atoms with Crippen molar-refractivity contribution in [1.82, 2.24) is 10.5 Å². The first-order chi connectivity index (χ1) is 16.7. The van der Waals surface area contributed by atoms with Gasteiger partial charge in [-0.2, -0.15) is 13.2 Å². The van der Waals surface area contributed by atoms with Crippen LogP contribution in [0.4, 0.5) is 23.7 Å². The molecular weight excluding hydrogens is 463 g/mol. The third kappa shape index (κ3) is 4.48. The molecule has 1 atom stereocenters. The Hall–Kier alpha value is -3.82. The number of amides is 2. The second kappa shape index (κ2) is 8.75. The monoisotopic (exact) mass is 485 g/mol. The number of carbonyl (C=O) groups excluding carboxylic acids is 2. The van der Waals surface area contributed by atoms with Crippen molar-refractivity contribution >= 4 is 17.7 Å². The Morgan fingerprint density at radius 3 is 2.80 bits per heavy atom. The van der Waals surface area contributed by atoms with Gasteiger partial charge in [0.05, 0.1) is 18.7 Å². The predicted octanol–water partition coefficient (Wildman–Crippen LogP) is 4.98. The summed E-state index contributed by atoms with van der Waals surface area (Å²) < 4.78 is 50.6. The average molecular weight is 485 g/mol.